The summed E-state index contributed by atoms with van der Waals surface area (Å²) < 4.78 is 0. The lowest BCUT2D eigenvalue weighted by Gasteiger charge is -2.28. The molecule has 1 saturated heterocycles. The number of carboxylic acids is 1. The Labute approximate surface area is 227 Å². The van der Waals surface area contributed by atoms with Crippen molar-refractivity contribution < 1.29 is 19.8 Å². The minimum atomic E-state index is -0.982. The van der Waals surface area contributed by atoms with E-state index >= 15 is 0 Å². The number of phenolic OH excluding ortho intramolecular Hbond substituents is 1. The van der Waals surface area contributed by atoms with Gasteiger partial charge in [0, 0.05) is 29.2 Å². The van der Waals surface area contributed by atoms with Gasteiger partial charge in [-0.05, 0) is 47.3 Å². The second-order valence-electron chi connectivity index (χ2n) is 12.6. The number of likely N-dealkylation sites (tertiary alicyclic amines) is 1. The number of hydrogen-bond donors (Lipinski definition) is 2. The second-order valence-corrected chi connectivity index (χ2v) is 12.6. The van der Waals surface area contributed by atoms with Gasteiger partial charge < -0.3 is 15.1 Å². The van der Waals surface area contributed by atoms with E-state index in [4.69, 9.17) is 0 Å². The van der Waals surface area contributed by atoms with Crippen LogP contribution in [0.2, 0.25) is 0 Å². The lowest BCUT2D eigenvalue weighted by atomic mass is 9.78. The number of aliphatic imine (C=N–C) groups is 1. The zero-order valence-electron chi connectivity index (χ0n) is 24.0. The highest BCUT2D eigenvalue weighted by molar-refractivity contribution is 6.01. The van der Waals surface area contributed by atoms with Crippen LogP contribution in [0.3, 0.4) is 0 Å². The van der Waals surface area contributed by atoms with Gasteiger partial charge in [-0.2, -0.15) is 0 Å². The Morgan fingerprint density at radius 1 is 1.00 bits per heavy atom. The number of phenols is 1. The molecule has 2 atom stereocenters. The van der Waals surface area contributed by atoms with Crippen LogP contribution in [0.15, 0.2) is 47.5 Å². The van der Waals surface area contributed by atoms with Crippen LogP contribution in [-0.4, -0.2) is 52.3 Å². The first-order chi connectivity index (χ1) is 17.7. The molecule has 0 aromatic heterocycles. The van der Waals surface area contributed by atoms with Crippen LogP contribution in [0.1, 0.15) is 88.4 Å². The highest BCUT2D eigenvalue weighted by Gasteiger charge is 2.39. The van der Waals surface area contributed by atoms with Crippen LogP contribution >= 0.6 is 0 Å². The zero-order valence-corrected chi connectivity index (χ0v) is 24.0. The maximum atomic E-state index is 13.8. The summed E-state index contributed by atoms with van der Waals surface area (Å²) in [5, 5.41) is 20.5. The molecule has 6 heteroatoms. The fraction of sp³-hybridized carbons (Fsp3) is 0.531. The van der Waals surface area contributed by atoms with Gasteiger partial charge in [-0.3, -0.25) is 14.6 Å². The van der Waals surface area contributed by atoms with E-state index in [1.807, 2.05) is 76.8 Å². The number of amidine groups is 1. The summed E-state index contributed by atoms with van der Waals surface area (Å²) in [4.78, 5) is 31.8. The van der Waals surface area contributed by atoms with E-state index in [1.54, 1.807) is 0 Å². The van der Waals surface area contributed by atoms with Gasteiger partial charge in [0.2, 0.25) is 0 Å². The number of Topliss-reactive ketones (excluding diaryl/α,β-unsaturated/α-hetero) is 1. The van der Waals surface area contributed by atoms with Crippen molar-refractivity contribution in [2.75, 3.05) is 19.6 Å². The average molecular weight is 521 g/mol. The third-order valence-corrected chi connectivity index (χ3v) is 7.40. The van der Waals surface area contributed by atoms with Gasteiger partial charge in [0.1, 0.15) is 18.1 Å². The number of nitrogens with zero attached hydrogens (tertiary/aromatic N) is 2. The van der Waals surface area contributed by atoms with Crippen molar-refractivity contribution in [1.82, 2.24) is 4.90 Å². The average Bonchev–Trinajstić information content (AvgIpc) is 3.12. The molecule has 1 heterocycles. The van der Waals surface area contributed by atoms with Crippen LogP contribution in [0.4, 0.5) is 0 Å². The number of aliphatic carboxylic acids is 1. The van der Waals surface area contributed by atoms with Crippen molar-refractivity contribution in [3.05, 3.63) is 64.7 Å². The van der Waals surface area contributed by atoms with Crippen molar-refractivity contribution in [2.24, 2.45) is 16.8 Å². The van der Waals surface area contributed by atoms with Crippen molar-refractivity contribution in [2.45, 2.75) is 78.6 Å². The molecule has 0 aliphatic carbocycles. The highest BCUT2D eigenvalue weighted by atomic mass is 16.4. The Kier molecular flexibility index (Phi) is 9.06. The van der Waals surface area contributed by atoms with E-state index in [0.717, 1.165) is 30.4 Å². The number of hydrogen-bond acceptors (Lipinski definition) is 4. The standard InChI is InChI=1S/C32H44N2O4/c1-8-12-22-19-34(30(33-18-28(36)37)24(22)15-21-13-10-9-11-14-21)20-27(35)23-16-25(31(2,3)4)29(38)26(17-23)32(5,6)7/h9-11,13-14,16-17,22,24,38H,8,12,15,18-20H2,1-7H3,(H,36,37)/b33-30+/t22-,24+/m0/s1. The van der Waals surface area contributed by atoms with Gasteiger partial charge in [-0.1, -0.05) is 85.2 Å². The lowest BCUT2D eigenvalue weighted by molar-refractivity contribution is -0.135. The van der Waals surface area contributed by atoms with E-state index < -0.39 is 5.97 Å². The van der Waals surface area contributed by atoms with Crippen LogP contribution in [0.5, 0.6) is 5.75 Å². The van der Waals surface area contributed by atoms with Gasteiger partial charge in [0.05, 0.1) is 6.54 Å². The molecule has 3 rings (SSSR count). The van der Waals surface area contributed by atoms with E-state index in [2.05, 4.69) is 24.0 Å². The minimum Gasteiger partial charge on any atom is -0.507 e. The minimum absolute atomic E-state index is 0.0552. The molecule has 38 heavy (non-hydrogen) atoms. The van der Waals surface area contributed by atoms with Crippen molar-refractivity contribution in [3.8, 4) is 5.75 Å². The first kappa shape index (κ1) is 29.4. The third-order valence-electron chi connectivity index (χ3n) is 7.40. The maximum absolute atomic E-state index is 13.8. The summed E-state index contributed by atoms with van der Waals surface area (Å²) in [6.07, 6.45) is 2.75. The van der Waals surface area contributed by atoms with Crippen LogP contribution in [0, 0.1) is 11.8 Å². The number of ketones is 1. The molecule has 1 fully saturated rings. The molecule has 2 aromatic rings. The summed E-state index contributed by atoms with van der Waals surface area (Å²) in [7, 11) is 0. The quantitative estimate of drug-likeness (QED) is 0.382. The molecule has 0 saturated carbocycles. The van der Waals surface area contributed by atoms with Crippen molar-refractivity contribution in [3.63, 3.8) is 0 Å². The van der Waals surface area contributed by atoms with E-state index in [9.17, 15) is 19.8 Å². The molecule has 1 aliphatic heterocycles. The molecular formula is C32H44N2O4. The van der Waals surface area contributed by atoms with E-state index in [-0.39, 0.29) is 47.3 Å². The predicted molar refractivity (Wildman–Crippen MR) is 153 cm³/mol. The molecule has 6 nitrogen and oxygen atoms in total. The monoisotopic (exact) mass is 520 g/mol. The molecule has 0 bridgehead atoms. The number of carbonyl (C=O) groups is 2. The summed E-state index contributed by atoms with van der Waals surface area (Å²) in [5.74, 6) is 0.269. The number of aromatic hydroxyl groups is 1. The third kappa shape index (κ3) is 7.03. The first-order valence-corrected chi connectivity index (χ1v) is 13.7. The molecule has 0 radical (unpaired) electrons. The Hall–Kier alpha value is -3.15. The summed E-state index contributed by atoms with van der Waals surface area (Å²) in [6.45, 7) is 14.8. The van der Waals surface area contributed by atoms with E-state index in [0.29, 0.717) is 17.9 Å². The molecule has 1 aliphatic rings. The van der Waals surface area contributed by atoms with Crippen molar-refractivity contribution >= 4 is 17.6 Å². The Morgan fingerprint density at radius 3 is 2.08 bits per heavy atom. The summed E-state index contributed by atoms with van der Waals surface area (Å²) in [6, 6.07) is 13.8. The SMILES string of the molecule is CCC[C@H]1CN(CC(=O)c2cc(C(C)(C)C)c(O)c(C(C)(C)C)c2)/C(=N/CC(=O)O)[C@@H]1Cc1ccccc1. The molecule has 0 spiro atoms. The van der Waals surface area contributed by atoms with Crippen molar-refractivity contribution in [1.29, 1.82) is 0 Å². The number of carbonyl (C=O) groups excluding carboxylic acids is 1. The second kappa shape index (κ2) is 11.7. The Bertz CT molecular complexity index is 1140. The first-order valence-electron chi connectivity index (χ1n) is 13.7. The number of rotatable bonds is 9. The smallest absolute Gasteiger partial charge is 0.325 e. The zero-order chi connectivity index (χ0) is 28.3. The molecule has 0 unspecified atom stereocenters. The van der Waals surface area contributed by atoms with Gasteiger partial charge in [0.25, 0.3) is 0 Å². The normalized spacial score (nSPS) is 19.2. The lowest BCUT2D eigenvalue weighted by Crippen LogP contribution is -2.34. The fourth-order valence-corrected chi connectivity index (χ4v) is 5.45. The maximum Gasteiger partial charge on any atom is 0.325 e. The van der Waals surface area contributed by atoms with Gasteiger partial charge in [0.15, 0.2) is 5.78 Å². The topological polar surface area (TPSA) is 90.2 Å². The van der Waals surface area contributed by atoms with Crippen LogP contribution in [-0.2, 0) is 22.0 Å². The van der Waals surface area contributed by atoms with Crippen LogP contribution < -0.4 is 0 Å². The van der Waals surface area contributed by atoms with Gasteiger partial charge in [-0.15, -0.1) is 0 Å². The summed E-state index contributed by atoms with van der Waals surface area (Å²) >= 11 is 0. The molecule has 2 aromatic carbocycles. The highest BCUT2D eigenvalue weighted by Crippen LogP contribution is 2.40. The van der Waals surface area contributed by atoms with E-state index in [1.165, 1.54) is 5.56 Å². The number of benzene rings is 2. The number of carboxylic acid groups (broad SMARTS) is 1. The molecule has 206 valence electrons. The Balaban J connectivity index is 2.00. The van der Waals surface area contributed by atoms with Gasteiger partial charge >= 0.3 is 5.97 Å². The summed E-state index contributed by atoms with van der Waals surface area (Å²) in [5.41, 5.74) is 2.57. The van der Waals surface area contributed by atoms with Gasteiger partial charge in [-0.25, -0.2) is 0 Å². The molecule has 0 amide bonds. The largest absolute Gasteiger partial charge is 0.507 e. The molecular weight excluding hydrogens is 476 g/mol. The fourth-order valence-electron chi connectivity index (χ4n) is 5.45. The molecule has 2 N–H and O–H groups in total. The Morgan fingerprint density at radius 2 is 1.58 bits per heavy atom. The predicted octanol–water partition coefficient (Wildman–Crippen LogP) is 6.24. The van der Waals surface area contributed by atoms with Crippen LogP contribution in [0.25, 0.3) is 0 Å².